The van der Waals surface area contributed by atoms with Gasteiger partial charge in [-0.25, -0.2) is 4.99 Å². The van der Waals surface area contributed by atoms with E-state index in [0.717, 1.165) is 12.8 Å². The molecule has 0 aromatic carbocycles. The highest BCUT2D eigenvalue weighted by atomic mass is 16.7. The Labute approximate surface area is 119 Å². The molecule has 0 aromatic heterocycles. The molecule has 0 unspecified atom stereocenters. The van der Waals surface area contributed by atoms with E-state index in [0.29, 0.717) is 19.0 Å². The van der Waals surface area contributed by atoms with Gasteiger partial charge in [-0.1, -0.05) is 13.3 Å². The second-order valence-corrected chi connectivity index (χ2v) is 5.20. The first-order chi connectivity index (χ1) is 9.56. The molecule has 6 nitrogen and oxygen atoms in total. The van der Waals surface area contributed by atoms with Gasteiger partial charge in [-0.2, -0.15) is 10.5 Å². The average molecular weight is 277 g/mol. The quantitative estimate of drug-likeness (QED) is 0.643. The van der Waals surface area contributed by atoms with Crippen molar-refractivity contribution in [3.05, 3.63) is 0 Å². The van der Waals surface area contributed by atoms with Gasteiger partial charge in [-0.3, -0.25) is 5.73 Å². The highest BCUT2D eigenvalue weighted by molar-refractivity contribution is 5.93. The van der Waals surface area contributed by atoms with Crippen LogP contribution >= 0.6 is 0 Å². The van der Waals surface area contributed by atoms with Crippen LogP contribution in [-0.2, 0) is 9.47 Å². The Morgan fingerprint density at radius 3 is 2.20 bits per heavy atom. The summed E-state index contributed by atoms with van der Waals surface area (Å²) in [5, 5.41) is 19.4. The Balaban J connectivity index is 2.57. The van der Waals surface area contributed by atoms with Gasteiger partial charge in [-0.05, 0) is 20.3 Å². The monoisotopic (exact) mass is 277 g/mol. The first-order valence-corrected chi connectivity index (χ1v) is 7.08. The van der Waals surface area contributed by atoms with Crippen LogP contribution in [0.3, 0.4) is 0 Å². The number of amidine groups is 1. The number of rotatable bonds is 6. The van der Waals surface area contributed by atoms with Gasteiger partial charge >= 0.3 is 5.91 Å². The van der Waals surface area contributed by atoms with E-state index in [1.54, 1.807) is 0 Å². The van der Waals surface area contributed by atoms with Crippen LogP contribution in [0.4, 0.5) is 0 Å². The van der Waals surface area contributed by atoms with Crippen molar-refractivity contribution in [3.63, 3.8) is 0 Å². The van der Waals surface area contributed by atoms with E-state index in [1.165, 1.54) is 0 Å². The van der Waals surface area contributed by atoms with E-state index in [9.17, 15) is 10.5 Å². The lowest BCUT2D eigenvalue weighted by Crippen LogP contribution is -2.91. The topological polar surface area (TPSA) is 106 Å². The van der Waals surface area contributed by atoms with E-state index in [-0.39, 0.29) is 5.92 Å². The molecule has 1 fully saturated rings. The number of fused-ring (bicyclic) bond motifs is 1. The minimum atomic E-state index is -1.31. The highest BCUT2D eigenvalue weighted by Gasteiger charge is 2.96. The van der Waals surface area contributed by atoms with Crippen LogP contribution in [0.2, 0.25) is 0 Å². The second-order valence-electron chi connectivity index (χ2n) is 5.20. The van der Waals surface area contributed by atoms with Crippen LogP contribution in [0.25, 0.3) is 0 Å². The molecule has 0 radical (unpaired) electrons. The zero-order chi connectivity index (χ0) is 15.0. The van der Waals surface area contributed by atoms with Crippen molar-refractivity contribution in [2.45, 2.75) is 39.5 Å². The summed E-state index contributed by atoms with van der Waals surface area (Å²) in [6.07, 6.45) is 1.62. The predicted octanol–water partition coefficient (Wildman–Crippen LogP) is -0.386. The normalized spacial score (nSPS) is 36.6. The minimum Gasteiger partial charge on any atom is -0.314 e. The SMILES string of the molecule is CCC[C@H]1[C@]2(C#N)C(N)=[NH+]C(OCC)(OCC)[C@]12C#N. The van der Waals surface area contributed by atoms with Crippen LogP contribution in [0, 0.1) is 39.4 Å². The van der Waals surface area contributed by atoms with Crippen molar-refractivity contribution in [2.75, 3.05) is 13.2 Å². The third-order valence-corrected chi connectivity index (χ3v) is 4.45. The molecule has 1 heterocycles. The number of nitrogens with zero attached hydrogens (tertiary/aromatic N) is 2. The van der Waals surface area contributed by atoms with E-state index in [1.807, 2.05) is 20.8 Å². The maximum Gasteiger partial charge on any atom is 0.342 e. The lowest BCUT2D eigenvalue weighted by Gasteiger charge is -2.29. The molecule has 2 rings (SSSR count). The average Bonchev–Trinajstić information content (AvgIpc) is 2.96. The van der Waals surface area contributed by atoms with Gasteiger partial charge in [-0.15, -0.1) is 0 Å². The Kier molecular flexibility index (Phi) is 3.49. The second kappa shape index (κ2) is 4.73. The Bertz CT molecular complexity index is 512. The van der Waals surface area contributed by atoms with Crippen LogP contribution in [0.15, 0.2) is 0 Å². The van der Waals surface area contributed by atoms with E-state index in [4.69, 9.17) is 15.2 Å². The molecule has 0 aromatic rings. The van der Waals surface area contributed by atoms with Crippen molar-refractivity contribution < 1.29 is 14.5 Å². The smallest absolute Gasteiger partial charge is 0.314 e. The minimum absolute atomic E-state index is 0.158. The van der Waals surface area contributed by atoms with Gasteiger partial charge in [0.05, 0.1) is 25.4 Å². The Morgan fingerprint density at radius 2 is 1.80 bits per heavy atom. The summed E-state index contributed by atoms with van der Waals surface area (Å²) >= 11 is 0. The van der Waals surface area contributed by atoms with Crippen molar-refractivity contribution in [3.8, 4) is 12.1 Å². The van der Waals surface area contributed by atoms with Crippen molar-refractivity contribution >= 4 is 5.84 Å². The van der Waals surface area contributed by atoms with Gasteiger partial charge in [0.2, 0.25) is 0 Å². The molecule has 2 aliphatic rings. The summed E-state index contributed by atoms with van der Waals surface area (Å²) in [6, 6.07) is 4.55. The molecule has 1 aliphatic carbocycles. The summed E-state index contributed by atoms with van der Waals surface area (Å²) < 4.78 is 11.5. The molecule has 20 heavy (non-hydrogen) atoms. The van der Waals surface area contributed by atoms with Crippen LogP contribution < -0.4 is 10.7 Å². The lowest BCUT2D eigenvalue weighted by atomic mass is 9.93. The maximum absolute atomic E-state index is 9.80. The van der Waals surface area contributed by atoms with Crippen molar-refractivity contribution in [1.29, 1.82) is 10.5 Å². The lowest BCUT2D eigenvalue weighted by molar-refractivity contribution is -0.693. The number of hydrogen-bond acceptors (Lipinski definition) is 5. The third-order valence-electron chi connectivity index (χ3n) is 4.45. The molecule has 3 N–H and O–H groups in total. The molecule has 1 aliphatic heterocycles. The van der Waals surface area contributed by atoms with Crippen LogP contribution in [0.1, 0.15) is 33.6 Å². The van der Waals surface area contributed by atoms with E-state index < -0.39 is 16.7 Å². The molecule has 6 heteroatoms. The largest absolute Gasteiger partial charge is 0.342 e. The van der Waals surface area contributed by atoms with Crippen LogP contribution in [-0.4, -0.2) is 25.0 Å². The van der Waals surface area contributed by atoms with Crippen molar-refractivity contribution in [2.24, 2.45) is 22.5 Å². The van der Waals surface area contributed by atoms with Crippen molar-refractivity contribution in [1.82, 2.24) is 0 Å². The molecular formula is C14H21N4O2+. The van der Waals surface area contributed by atoms with E-state index >= 15 is 0 Å². The summed E-state index contributed by atoms with van der Waals surface area (Å²) in [7, 11) is 0. The number of nitrogens with two attached hydrogens (primary N) is 1. The Morgan fingerprint density at radius 1 is 1.20 bits per heavy atom. The number of nitrogens with one attached hydrogen (secondary N) is 1. The molecule has 0 spiro atoms. The molecule has 0 amide bonds. The first-order valence-electron chi connectivity index (χ1n) is 7.08. The number of hydrogen-bond donors (Lipinski definition) is 2. The summed E-state index contributed by atoms with van der Waals surface area (Å²) in [6.45, 7) is 6.41. The maximum atomic E-state index is 9.80. The molecule has 3 atom stereocenters. The molecule has 0 saturated heterocycles. The molecular weight excluding hydrogens is 256 g/mol. The zero-order valence-corrected chi connectivity index (χ0v) is 12.2. The fourth-order valence-corrected chi connectivity index (χ4v) is 3.75. The van der Waals surface area contributed by atoms with Gasteiger partial charge in [0.1, 0.15) is 0 Å². The Hall–Kier alpha value is -1.63. The highest BCUT2D eigenvalue weighted by Crippen LogP contribution is 2.75. The predicted molar refractivity (Wildman–Crippen MR) is 70.6 cm³/mol. The van der Waals surface area contributed by atoms with Crippen LogP contribution in [0.5, 0.6) is 0 Å². The number of ether oxygens (including phenoxy) is 2. The fourth-order valence-electron chi connectivity index (χ4n) is 3.75. The summed E-state index contributed by atoms with van der Waals surface area (Å²) in [5.41, 5.74) is 3.97. The molecule has 0 bridgehead atoms. The first kappa shape index (κ1) is 14.8. The van der Waals surface area contributed by atoms with Gasteiger partial charge in [0.25, 0.3) is 5.84 Å². The number of nitriles is 2. The zero-order valence-electron chi connectivity index (χ0n) is 12.2. The summed E-state index contributed by atoms with van der Waals surface area (Å²) in [4.78, 5) is 2.95. The van der Waals surface area contributed by atoms with Gasteiger partial charge in [0, 0.05) is 5.92 Å². The van der Waals surface area contributed by atoms with Gasteiger partial charge < -0.3 is 9.47 Å². The third kappa shape index (κ3) is 1.31. The standard InChI is InChI=1S/C14H20N4O2/c1-4-7-10-12(8-15)11(17)18-14(19-5-2,20-6-3)13(10,12)9-16/h10H,4-7H2,1-3H3,(H2,17,18)/p+1/t10-,12+,13+/m0/s1. The summed E-state index contributed by atoms with van der Waals surface area (Å²) in [5.74, 6) is -1.18. The molecule has 1 saturated carbocycles. The van der Waals surface area contributed by atoms with E-state index in [2.05, 4.69) is 17.1 Å². The fraction of sp³-hybridized carbons (Fsp3) is 0.786. The molecule has 108 valence electrons. The van der Waals surface area contributed by atoms with Gasteiger partial charge in [0.15, 0.2) is 10.8 Å².